The van der Waals surface area contributed by atoms with Gasteiger partial charge in [-0.25, -0.2) is 9.97 Å². The van der Waals surface area contributed by atoms with Crippen molar-refractivity contribution < 1.29 is 9.47 Å². The number of nitrogens with one attached hydrogen (secondary N) is 1. The lowest BCUT2D eigenvalue weighted by molar-refractivity contribution is 0.0237. The average molecular weight is 345 g/mol. The number of hydrogen-bond acceptors (Lipinski definition) is 6. The van der Waals surface area contributed by atoms with Crippen LogP contribution in [0.3, 0.4) is 0 Å². The molecular weight excluding hydrogens is 328 g/mol. The van der Waals surface area contributed by atoms with E-state index >= 15 is 0 Å². The fraction of sp³-hybridized carbons (Fsp3) is 0.353. The largest absolute Gasteiger partial charge is 0.474 e. The van der Waals surface area contributed by atoms with E-state index in [2.05, 4.69) is 15.3 Å². The molecular formula is C17H17ClN4O2. The molecule has 124 valence electrons. The Morgan fingerprint density at radius 3 is 2.88 bits per heavy atom. The van der Waals surface area contributed by atoms with Gasteiger partial charge in [0, 0.05) is 37.8 Å². The second-order valence-electron chi connectivity index (χ2n) is 5.42. The molecule has 0 amide bonds. The lowest BCUT2D eigenvalue weighted by Gasteiger charge is -2.22. The van der Waals surface area contributed by atoms with Crippen molar-refractivity contribution in [1.29, 1.82) is 5.26 Å². The molecule has 1 fully saturated rings. The summed E-state index contributed by atoms with van der Waals surface area (Å²) in [5.41, 5.74) is 1.39. The van der Waals surface area contributed by atoms with Gasteiger partial charge < -0.3 is 14.8 Å². The van der Waals surface area contributed by atoms with Crippen LogP contribution in [0.25, 0.3) is 0 Å². The van der Waals surface area contributed by atoms with Crippen molar-refractivity contribution in [3.63, 3.8) is 0 Å². The monoisotopic (exact) mass is 344 g/mol. The average Bonchev–Trinajstić information content (AvgIpc) is 2.62. The van der Waals surface area contributed by atoms with Crippen molar-refractivity contribution in [3.8, 4) is 11.9 Å². The summed E-state index contributed by atoms with van der Waals surface area (Å²) in [6.45, 7) is 1.96. The van der Waals surface area contributed by atoms with Crippen LogP contribution in [-0.2, 0) is 11.3 Å². The zero-order valence-electron chi connectivity index (χ0n) is 13.0. The maximum absolute atomic E-state index is 9.00. The minimum atomic E-state index is 0.151. The molecule has 1 aliphatic heterocycles. The third-order valence-corrected chi connectivity index (χ3v) is 4.11. The van der Waals surface area contributed by atoms with Crippen molar-refractivity contribution in [3.05, 3.63) is 46.7 Å². The molecule has 0 radical (unpaired) electrons. The third kappa shape index (κ3) is 4.13. The first-order valence-electron chi connectivity index (χ1n) is 7.74. The Bertz CT molecular complexity index is 742. The van der Waals surface area contributed by atoms with E-state index in [0.29, 0.717) is 28.8 Å². The summed E-state index contributed by atoms with van der Waals surface area (Å²) in [5.74, 6) is 1.09. The van der Waals surface area contributed by atoms with E-state index in [9.17, 15) is 0 Å². The number of ether oxygens (including phenoxy) is 2. The fourth-order valence-electron chi connectivity index (χ4n) is 2.43. The minimum absolute atomic E-state index is 0.151. The Morgan fingerprint density at radius 2 is 2.08 bits per heavy atom. The Balaban J connectivity index is 1.63. The van der Waals surface area contributed by atoms with Crippen molar-refractivity contribution in [2.45, 2.75) is 25.5 Å². The summed E-state index contributed by atoms with van der Waals surface area (Å²) in [6, 6.07) is 7.41. The van der Waals surface area contributed by atoms with E-state index in [1.165, 1.54) is 0 Å². The summed E-state index contributed by atoms with van der Waals surface area (Å²) in [4.78, 5) is 8.42. The number of anilines is 1. The molecule has 3 heterocycles. The SMILES string of the molecule is N#Cc1ccnc(NCc2ccnc(OC3CCOCC3)c2)c1Cl. The van der Waals surface area contributed by atoms with Crippen molar-refractivity contribution in [1.82, 2.24) is 9.97 Å². The van der Waals surface area contributed by atoms with E-state index in [1.54, 1.807) is 18.5 Å². The maximum Gasteiger partial charge on any atom is 0.213 e. The zero-order chi connectivity index (χ0) is 16.8. The highest BCUT2D eigenvalue weighted by Gasteiger charge is 2.16. The zero-order valence-corrected chi connectivity index (χ0v) is 13.8. The van der Waals surface area contributed by atoms with Gasteiger partial charge >= 0.3 is 0 Å². The second kappa shape index (κ2) is 7.95. The minimum Gasteiger partial charge on any atom is -0.474 e. The van der Waals surface area contributed by atoms with Crippen LogP contribution in [0.2, 0.25) is 5.02 Å². The van der Waals surface area contributed by atoms with Gasteiger partial charge in [0.15, 0.2) is 0 Å². The van der Waals surface area contributed by atoms with Crippen LogP contribution in [0, 0.1) is 11.3 Å². The van der Waals surface area contributed by atoms with Crippen LogP contribution in [-0.4, -0.2) is 29.3 Å². The van der Waals surface area contributed by atoms with Crippen LogP contribution >= 0.6 is 11.6 Å². The predicted molar refractivity (Wildman–Crippen MR) is 90.0 cm³/mol. The summed E-state index contributed by atoms with van der Waals surface area (Å²) >= 11 is 6.14. The number of aromatic nitrogens is 2. The van der Waals surface area contributed by atoms with Crippen molar-refractivity contribution >= 4 is 17.4 Å². The van der Waals surface area contributed by atoms with E-state index in [-0.39, 0.29) is 6.10 Å². The van der Waals surface area contributed by atoms with Gasteiger partial charge in [-0.2, -0.15) is 5.26 Å². The van der Waals surface area contributed by atoms with Crippen molar-refractivity contribution in [2.75, 3.05) is 18.5 Å². The number of nitriles is 1. The van der Waals surface area contributed by atoms with Crippen LogP contribution in [0.5, 0.6) is 5.88 Å². The second-order valence-corrected chi connectivity index (χ2v) is 5.80. The molecule has 0 atom stereocenters. The normalized spacial score (nSPS) is 14.8. The number of halogens is 1. The Morgan fingerprint density at radius 1 is 1.29 bits per heavy atom. The Hall–Kier alpha value is -2.36. The highest BCUT2D eigenvalue weighted by molar-refractivity contribution is 6.34. The summed E-state index contributed by atoms with van der Waals surface area (Å²) in [7, 11) is 0. The van der Waals surface area contributed by atoms with E-state index in [0.717, 1.165) is 31.6 Å². The molecule has 3 rings (SSSR count). The van der Waals surface area contributed by atoms with Crippen LogP contribution in [0.4, 0.5) is 5.82 Å². The number of nitrogens with zero attached hydrogens (tertiary/aromatic N) is 3. The van der Waals surface area contributed by atoms with Crippen molar-refractivity contribution in [2.24, 2.45) is 0 Å². The molecule has 0 aromatic carbocycles. The quantitative estimate of drug-likeness (QED) is 0.897. The molecule has 7 heteroatoms. The van der Waals surface area contributed by atoms with Gasteiger partial charge in [-0.05, 0) is 17.7 Å². The molecule has 6 nitrogen and oxygen atoms in total. The maximum atomic E-state index is 9.00. The molecule has 0 bridgehead atoms. The molecule has 0 unspecified atom stereocenters. The van der Waals surface area contributed by atoms with Gasteiger partial charge in [-0.1, -0.05) is 11.6 Å². The van der Waals surface area contributed by atoms with E-state index in [1.807, 2.05) is 18.2 Å². The molecule has 0 saturated carbocycles. The van der Waals surface area contributed by atoms with Crippen LogP contribution < -0.4 is 10.1 Å². The molecule has 0 aliphatic carbocycles. The van der Waals surface area contributed by atoms with Gasteiger partial charge in [0.25, 0.3) is 0 Å². The smallest absolute Gasteiger partial charge is 0.213 e. The Labute approximate surface area is 145 Å². The fourth-order valence-corrected chi connectivity index (χ4v) is 2.65. The lowest BCUT2D eigenvalue weighted by Crippen LogP contribution is -2.26. The number of pyridine rings is 2. The van der Waals surface area contributed by atoms with Gasteiger partial charge in [-0.3, -0.25) is 0 Å². The number of hydrogen-bond donors (Lipinski definition) is 1. The van der Waals surface area contributed by atoms with Gasteiger partial charge in [0.2, 0.25) is 5.88 Å². The first-order valence-corrected chi connectivity index (χ1v) is 8.12. The van der Waals surface area contributed by atoms with Crippen LogP contribution in [0.1, 0.15) is 24.0 Å². The van der Waals surface area contributed by atoms with Gasteiger partial charge in [0.05, 0.1) is 18.8 Å². The standard InChI is InChI=1S/C17H17ClN4O2/c18-16-13(10-19)2-6-21-17(16)22-11-12-1-5-20-15(9-12)24-14-3-7-23-8-4-14/h1-2,5-6,9,14H,3-4,7-8,11H2,(H,21,22). The van der Waals surface area contributed by atoms with Crippen LogP contribution in [0.15, 0.2) is 30.6 Å². The highest BCUT2D eigenvalue weighted by atomic mass is 35.5. The summed E-state index contributed by atoms with van der Waals surface area (Å²) < 4.78 is 11.2. The first-order chi connectivity index (χ1) is 11.8. The lowest BCUT2D eigenvalue weighted by atomic mass is 10.1. The van der Waals surface area contributed by atoms with Gasteiger partial charge in [-0.15, -0.1) is 0 Å². The molecule has 0 spiro atoms. The first kappa shape index (κ1) is 16.5. The van der Waals surface area contributed by atoms with E-state index < -0.39 is 0 Å². The summed E-state index contributed by atoms with van der Waals surface area (Å²) in [6.07, 6.45) is 5.18. The Kier molecular flexibility index (Phi) is 5.47. The highest BCUT2D eigenvalue weighted by Crippen LogP contribution is 2.23. The van der Waals surface area contributed by atoms with Gasteiger partial charge in [0.1, 0.15) is 23.0 Å². The molecule has 1 saturated heterocycles. The van der Waals surface area contributed by atoms with E-state index in [4.69, 9.17) is 26.3 Å². The molecule has 2 aromatic rings. The third-order valence-electron chi connectivity index (χ3n) is 3.72. The number of rotatable bonds is 5. The topological polar surface area (TPSA) is 80.1 Å². The predicted octanol–water partition coefficient (Wildman–Crippen LogP) is 3.17. The molecule has 24 heavy (non-hydrogen) atoms. The summed E-state index contributed by atoms with van der Waals surface area (Å²) in [5, 5.41) is 12.5. The molecule has 1 aliphatic rings. The molecule has 1 N–H and O–H groups in total. The molecule has 2 aromatic heterocycles.